The first-order chi connectivity index (χ1) is 6.36. The minimum absolute atomic E-state index is 0.830. The van der Waals surface area contributed by atoms with E-state index >= 15 is 0 Å². The van der Waals surface area contributed by atoms with E-state index in [-0.39, 0.29) is 0 Å². The molecule has 0 spiro atoms. The van der Waals surface area contributed by atoms with Gasteiger partial charge < -0.3 is 0 Å². The molecule has 0 aliphatic carbocycles. The molecule has 0 fully saturated rings. The van der Waals surface area contributed by atoms with Gasteiger partial charge in [0.05, 0.1) is 5.71 Å². The SMILES string of the molecule is CC1=NNN=C(c2ccccc2)C1. The molecular formula is C10H11N3. The zero-order chi connectivity index (χ0) is 9.10. The summed E-state index contributed by atoms with van der Waals surface area (Å²) in [7, 11) is 0. The molecule has 1 aromatic carbocycles. The normalized spacial score (nSPS) is 15.8. The third-order valence-corrected chi connectivity index (χ3v) is 1.96. The summed E-state index contributed by atoms with van der Waals surface area (Å²) in [6, 6.07) is 10.1. The van der Waals surface area contributed by atoms with Crippen molar-refractivity contribution in [1.29, 1.82) is 0 Å². The Balaban J connectivity index is 2.24. The van der Waals surface area contributed by atoms with Crippen LogP contribution < -0.4 is 5.53 Å². The lowest BCUT2D eigenvalue weighted by Crippen LogP contribution is -2.17. The molecule has 66 valence electrons. The fraction of sp³-hybridized carbons (Fsp3) is 0.200. The highest BCUT2D eigenvalue weighted by Gasteiger charge is 2.07. The molecule has 0 saturated carbocycles. The number of hydrogen-bond donors (Lipinski definition) is 1. The van der Waals surface area contributed by atoms with Gasteiger partial charge in [-0.05, 0) is 12.5 Å². The fourth-order valence-corrected chi connectivity index (χ4v) is 1.29. The minimum Gasteiger partial charge on any atom is -0.198 e. The van der Waals surface area contributed by atoms with Gasteiger partial charge in [-0.15, -0.1) is 0 Å². The highest BCUT2D eigenvalue weighted by molar-refractivity contribution is 6.12. The van der Waals surface area contributed by atoms with Crippen molar-refractivity contribution in [3.05, 3.63) is 35.9 Å². The first-order valence-corrected chi connectivity index (χ1v) is 4.26. The van der Waals surface area contributed by atoms with Gasteiger partial charge in [0, 0.05) is 12.1 Å². The number of nitrogens with one attached hydrogen (secondary N) is 1. The summed E-state index contributed by atoms with van der Waals surface area (Å²) in [4.78, 5) is 0. The van der Waals surface area contributed by atoms with Crippen molar-refractivity contribution in [3.63, 3.8) is 0 Å². The highest BCUT2D eigenvalue weighted by Crippen LogP contribution is 2.07. The third-order valence-electron chi connectivity index (χ3n) is 1.96. The highest BCUT2D eigenvalue weighted by atomic mass is 15.5. The van der Waals surface area contributed by atoms with Crippen molar-refractivity contribution in [2.24, 2.45) is 10.2 Å². The number of benzene rings is 1. The van der Waals surface area contributed by atoms with E-state index in [0.29, 0.717) is 0 Å². The summed E-state index contributed by atoms with van der Waals surface area (Å²) in [5.74, 6) is 0. The molecule has 0 radical (unpaired) electrons. The van der Waals surface area contributed by atoms with E-state index in [1.807, 2.05) is 25.1 Å². The Morgan fingerprint density at radius 3 is 2.62 bits per heavy atom. The lowest BCUT2D eigenvalue weighted by atomic mass is 10.1. The molecule has 2 rings (SSSR count). The first kappa shape index (κ1) is 7.98. The van der Waals surface area contributed by atoms with E-state index in [4.69, 9.17) is 0 Å². The maximum Gasteiger partial charge on any atom is 0.0752 e. The van der Waals surface area contributed by atoms with Crippen molar-refractivity contribution in [1.82, 2.24) is 5.53 Å². The number of nitrogens with zero attached hydrogens (tertiary/aromatic N) is 2. The number of hydrogen-bond acceptors (Lipinski definition) is 3. The van der Waals surface area contributed by atoms with E-state index in [9.17, 15) is 0 Å². The van der Waals surface area contributed by atoms with Gasteiger partial charge in [0.1, 0.15) is 0 Å². The van der Waals surface area contributed by atoms with Gasteiger partial charge in [0.25, 0.3) is 0 Å². The summed E-state index contributed by atoms with van der Waals surface area (Å²) in [6.45, 7) is 1.99. The standard InChI is InChI=1S/C10H11N3/c1-8-7-10(12-13-11-8)9-5-3-2-4-6-9/h2-6,13H,7H2,1H3. The Labute approximate surface area is 77.2 Å². The van der Waals surface area contributed by atoms with Gasteiger partial charge in [0.15, 0.2) is 0 Å². The molecule has 0 amide bonds. The Hall–Kier alpha value is -1.64. The molecule has 1 aliphatic heterocycles. The van der Waals surface area contributed by atoms with Crippen molar-refractivity contribution in [2.45, 2.75) is 13.3 Å². The van der Waals surface area contributed by atoms with Crippen LogP contribution in [-0.4, -0.2) is 11.4 Å². The molecule has 0 unspecified atom stereocenters. The first-order valence-electron chi connectivity index (χ1n) is 4.26. The zero-order valence-corrected chi connectivity index (χ0v) is 7.49. The third kappa shape index (κ3) is 1.75. The summed E-state index contributed by atoms with van der Waals surface area (Å²) >= 11 is 0. The second kappa shape index (κ2) is 3.39. The molecule has 1 heterocycles. The van der Waals surface area contributed by atoms with Crippen LogP contribution in [0.25, 0.3) is 0 Å². The van der Waals surface area contributed by atoms with E-state index in [1.165, 1.54) is 0 Å². The van der Waals surface area contributed by atoms with Crippen molar-refractivity contribution < 1.29 is 0 Å². The number of rotatable bonds is 1. The maximum atomic E-state index is 4.13. The van der Waals surface area contributed by atoms with Gasteiger partial charge in [-0.1, -0.05) is 30.3 Å². The van der Waals surface area contributed by atoms with Gasteiger partial charge in [-0.25, -0.2) is 0 Å². The van der Waals surface area contributed by atoms with Crippen LogP contribution in [0.4, 0.5) is 0 Å². The molecule has 13 heavy (non-hydrogen) atoms. The molecule has 0 saturated heterocycles. The molecule has 1 N–H and O–H groups in total. The molecule has 1 aliphatic rings. The van der Waals surface area contributed by atoms with Crippen LogP contribution in [0.15, 0.2) is 40.5 Å². The van der Waals surface area contributed by atoms with E-state index in [1.54, 1.807) is 0 Å². The van der Waals surface area contributed by atoms with E-state index in [0.717, 1.165) is 23.4 Å². The summed E-state index contributed by atoms with van der Waals surface area (Å²) in [5, 5.41) is 8.11. The molecular weight excluding hydrogens is 162 g/mol. The van der Waals surface area contributed by atoms with Crippen molar-refractivity contribution in [3.8, 4) is 0 Å². The second-order valence-corrected chi connectivity index (χ2v) is 3.05. The Morgan fingerprint density at radius 2 is 1.92 bits per heavy atom. The van der Waals surface area contributed by atoms with Crippen LogP contribution in [0, 0.1) is 0 Å². The predicted molar refractivity (Wildman–Crippen MR) is 53.8 cm³/mol. The van der Waals surface area contributed by atoms with Gasteiger partial charge in [0.2, 0.25) is 0 Å². The lowest BCUT2D eigenvalue weighted by molar-refractivity contribution is 0.788. The average Bonchev–Trinajstić information content (AvgIpc) is 2.19. The van der Waals surface area contributed by atoms with Gasteiger partial charge >= 0.3 is 0 Å². The van der Waals surface area contributed by atoms with Crippen LogP contribution in [0.1, 0.15) is 18.9 Å². The molecule has 1 aromatic rings. The second-order valence-electron chi connectivity index (χ2n) is 3.05. The lowest BCUT2D eigenvalue weighted by Gasteiger charge is -2.10. The summed E-state index contributed by atoms with van der Waals surface area (Å²) in [5.41, 5.74) is 5.93. The molecule has 3 nitrogen and oxygen atoms in total. The predicted octanol–water partition coefficient (Wildman–Crippen LogP) is 1.76. The van der Waals surface area contributed by atoms with Crippen LogP contribution >= 0.6 is 0 Å². The summed E-state index contributed by atoms with van der Waals surface area (Å²) in [6.07, 6.45) is 0.830. The number of hydrazone groups is 2. The average molecular weight is 173 g/mol. The topological polar surface area (TPSA) is 36.8 Å². The summed E-state index contributed by atoms with van der Waals surface area (Å²) < 4.78 is 0. The monoisotopic (exact) mass is 173 g/mol. The van der Waals surface area contributed by atoms with Crippen LogP contribution in [-0.2, 0) is 0 Å². The van der Waals surface area contributed by atoms with E-state index in [2.05, 4.69) is 27.9 Å². The molecule has 0 atom stereocenters. The Bertz CT molecular complexity index is 352. The Morgan fingerprint density at radius 1 is 1.15 bits per heavy atom. The Kier molecular flexibility index (Phi) is 2.08. The maximum absolute atomic E-state index is 4.13. The quantitative estimate of drug-likeness (QED) is 0.690. The van der Waals surface area contributed by atoms with Crippen LogP contribution in [0.3, 0.4) is 0 Å². The smallest absolute Gasteiger partial charge is 0.0752 e. The van der Waals surface area contributed by atoms with Crippen molar-refractivity contribution in [2.75, 3.05) is 0 Å². The van der Waals surface area contributed by atoms with E-state index < -0.39 is 0 Å². The fourth-order valence-electron chi connectivity index (χ4n) is 1.29. The van der Waals surface area contributed by atoms with Crippen molar-refractivity contribution >= 4 is 11.4 Å². The zero-order valence-electron chi connectivity index (χ0n) is 7.49. The van der Waals surface area contributed by atoms with Gasteiger partial charge in [-0.3, -0.25) is 0 Å². The van der Waals surface area contributed by atoms with Crippen LogP contribution in [0.5, 0.6) is 0 Å². The molecule has 3 heteroatoms. The van der Waals surface area contributed by atoms with Crippen LogP contribution in [0.2, 0.25) is 0 Å². The van der Waals surface area contributed by atoms with Gasteiger partial charge in [-0.2, -0.15) is 15.7 Å². The largest absolute Gasteiger partial charge is 0.198 e. The minimum atomic E-state index is 0.830. The molecule has 0 bridgehead atoms. The molecule has 0 aromatic heterocycles.